The van der Waals surface area contributed by atoms with Gasteiger partial charge in [0, 0.05) is 10.6 Å². The van der Waals surface area contributed by atoms with E-state index in [1.807, 2.05) is 30.3 Å². The highest BCUT2D eigenvalue weighted by Gasteiger charge is 2.25. The smallest absolute Gasteiger partial charge is 0.408 e. The summed E-state index contributed by atoms with van der Waals surface area (Å²) in [4.78, 5) is 25.1. The number of esters is 1. The van der Waals surface area contributed by atoms with E-state index < -0.39 is 23.7 Å². The highest BCUT2D eigenvalue weighted by Crippen LogP contribution is 2.19. The Bertz CT molecular complexity index is 540. The van der Waals surface area contributed by atoms with Crippen LogP contribution in [-0.2, 0) is 14.3 Å². The Kier molecular flexibility index (Phi) is 8.40. The number of benzene rings is 1. The van der Waals surface area contributed by atoms with Crippen molar-refractivity contribution in [3.63, 3.8) is 0 Å². The van der Waals surface area contributed by atoms with E-state index in [0.717, 1.165) is 4.90 Å². The number of carbonyl (C=O) groups is 2. The highest BCUT2D eigenvalue weighted by molar-refractivity contribution is 7.99. The molecule has 0 saturated heterocycles. The molecule has 1 unspecified atom stereocenters. The zero-order chi connectivity index (χ0) is 18.0. The van der Waals surface area contributed by atoms with Gasteiger partial charge in [-0.25, -0.2) is 9.59 Å². The third-order valence-electron chi connectivity index (χ3n) is 2.74. The normalized spacial score (nSPS) is 12.1. The average molecular weight is 351 g/mol. The summed E-state index contributed by atoms with van der Waals surface area (Å²) in [6.45, 7) is 8.92. The predicted octanol–water partition coefficient (Wildman–Crippen LogP) is 3.79. The first-order valence-corrected chi connectivity index (χ1v) is 8.75. The molecule has 0 saturated carbocycles. The van der Waals surface area contributed by atoms with Crippen LogP contribution in [0.25, 0.3) is 0 Å². The van der Waals surface area contributed by atoms with Crippen molar-refractivity contribution >= 4 is 23.8 Å². The number of alkyl carbamates (subject to hydrolysis) is 1. The van der Waals surface area contributed by atoms with Gasteiger partial charge in [-0.15, -0.1) is 11.8 Å². The van der Waals surface area contributed by atoms with Crippen molar-refractivity contribution in [1.29, 1.82) is 0 Å². The van der Waals surface area contributed by atoms with E-state index in [1.165, 1.54) is 6.08 Å². The van der Waals surface area contributed by atoms with Crippen molar-refractivity contribution < 1.29 is 19.1 Å². The second-order valence-corrected chi connectivity index (χ2v) is 7.24. The Hall–Kier alpha value is -1.95. The number of ether oxygens (including phenoxy) is 2. The molecule has 0 aliphatic rings. The third kappa shape index (κ3) is 8.62. The van der Waals surface area contributed by atoms with E-state index in [4.69, 9.17) is 9.47 Å². The number of carbonyl (C=O) groups excluding carboxylic acids is 2. The fraction of sp³-hybridized carbons (Fsp3) is 0.444. The van der Waals surface area contributed by atoms with Crippen LogP contribution in [-0.4, -0.2) is 36.1 Å². The summed E-state index contributed by atoms with van der Waals surface area (Å²) in [5.41, 5.74) is -0.627. The number of amides is 1. The molecular formula is C18H25NO4S. The first kappa shape index (κ1) is 20.1. The van der Waals surface area contributed by atoms with Crippen LogP contribution in [0, 0.1) is 0 Å². The molecule has 1 rings (SSSR count). The zero-order valence-corrected chi connectivity index (χ0v) is 15.2. The molecule has 6 heteroatoms. The first-order valence-electron chi connectivity index (χ1n) is 7.76. The van der Waals surface area contributed by atoms with Gasteiger partial charge in [0.05, 0.1) is 0 Å². The fourth-order valence-corrected chi connectivity index (χ4v) is 2.69. The van der Waals surface area contributed by atoms with Crippen LogP contribution in [0.3, 0.4) is 0 Å². The van der Waals surface area contributed by atoms with Crippen LogP contribution in [0.15, 0.2) is 47.9 Å². The molecule has 1 N–H and O–H groups in total. The molecule has 0 fully saturated rings. The maximum Gasteiger partial charge on any atom is 0.408 e. The Morgan fingerprint density at radius 1 is 1.29 bits per heavy atom. The second-order valence-electron chi connectivity index (χ2n) is 6.07. The summed E-state index contributed by atoms with van der Waals surface area (Å²) in [5.74, 6) is 0.169. The molecule has 5 nitrogen and oxygen atoms in total. The Labute approximate surface area is 147 Å². The third-order valence-corrected chi connectivity index (χ3v) is 3.78. The van der Waals surface area contributed by atoms with Crippen LogP contribution in [0.5, 0.6) is 0 Å². The Morgan fingerprint density at radius 2 is 1.96 bits per heavy atom. The van der Waals surface area contributed by atoms with Crippen molar-refractivity contribution in [2.45, 2.75) is 43.7 Å². The zero-order valence-electron chi connectivity index (χ0n) is 14.4. The number of hydrogen-bond donors (Lipinski definition) is 1. The topological polar surface area (TPSA) is 64.6 Å². The molecule has 0 bridgehead atoms. The summed E-state index contributed by atoms with van der Waals surface area (Å²) in [6.07, 6.45) is 1.29. The SMILES string of the molecule is C=CCOC(=O)C(CCSc1ccccc1)NC(=O)OC(C)(C)C. The maximum absolute atomic E-state index is 12.1. The first-order chi connectivity index (χ1) is 11.3. The molecule has 0 aliphatic carbocycles. The van der Waals surface area contributed by atoms with Gasteiger partial charge in [0.15, 0.2) is 0 Å². The molecule has 0 radical (unpaired) electrons. The van der Waals surface area contributed by atoms with Crippen molar-refractivity contribution in [2.75, 3.05) is 12.4 Å². The second kappa shape index (κ2) is 10.0. The van der Waals surface area contributed by atoms with Crippen molar-refractivity contribution in [2.24, 2.45) is 0 Å². The number of thioether (sulfide) groups is 1. The number of rotatable bonds is 8. The summed E-state index contributed by atoms with van der Waals surface area (Å²) >= 11 is 1.61. The average Bonchev–Trinajstić information content (AvgIpc) is 2.51. The summed E-state index contributed by atoms with van der Waals surface area (Å²) in [6, 6.07) is 9.10. The van der Waals surface area contributed by atoms with Gasteiger partial charge in [-0.05, 0) is 39.3 Å². The molecule has 0 aromatic heterocycles. The largest absolute Gasteiger partial charge is 0.460 e. The van der Waals surface area contributed by atoms with Gasteiger partial charge in [0.25, 0.3) is 0 Å². The molecule has 1 atom stereocenters. The van der Waals surface area contributed by atoms with E-state index >= 15 is 0 Å². The predicted molar refractivity (Wildman–Crippen MR) is 96.1 cm³/mol. The van der Waals surface area contributed by atoms with Crippen LogP contribution >= 0.6 is 11.8 Å². The molecule has 24 heavy (non-hydrogen) atoms. The Morgan fingerprint density at radius 3 is 2.54 bits per heavy atom. The number of nitrogens with one attached hydrogen (secondary N) is 1. The molecule has 0 heterocycles. The lowest BCUT2D eigenvalue weighted by atomic mass is 10.2. The minimum Gasteiger partial charge on any atom is -0.460 e. The highest BCUT2D eigenvalue weighted by atomic mass is 32.2. The van der Waals surface area contributed by atoms with Gasteiger partial charge < -0.3 is 14.8 Å². The van der Waals surface area contributed by atoms with Crippen LogP contribution in [0.1, 0.15) is 27.2 Å². The van der Waals surface area contributed by atoms with Gasteiger partial charge in [-0.3, -0.25) is 0 Å². The fourth-order valence-electron chi connectivity index (χ4n) is 1.75. The summed E-state index contributed by atoms with van der Waals surface area (Å²) in [7, 11) is 0. The van der Waals surface area contributed by atoms with Gasteiger partial charge in [0.1, 0.15) is 18.2 Å². The van der Waals surface area contributed by atoms with E-state index in [-0.39, 0.29) is 6.61 Å². The van der Waals surface area contributed by atoms with Gasteiger partial charge in [-0.2, -0.15) is 0 Å². The quantitative estimate of drug-likeness (QED) is 0.438. The lowest BCUT2D eigenvalue weighted by Crippen LogP contribution is -2.44. The van der Waals surface area contributed by atoms with Gasteiger partial charge in [0.2, 0.25) is 0 Å². The molecular weight excluding hydrogens is 326 g/mol. The standard InChI is InChI=1S/C18H25NO4S/c1-5-12-22-16(20)15(19-17(21)23-18(2,3)4)11-13-24-14-9-7-6-8-10-14/h5-10,15H,1,11-13H2,2-4H3,(H,19,21). The van der Waals surface area contributed by atoms with Crippen LogP contribution in [0.4, 0.5) is 4.79 Å². The lowest BCUT2D eigenvalue weighted by Gasteiger charge is -2.22. The van der Waals surface area contributed by atoms with Crippen molar-refractivity contribution in [1.82, 2.24) is 5.32 Å². The number of hydrogen-bond acceptors (Lipinski definition) is 5. The lowest BCUT2D eigenvalue weighted by molar-refractivity contribution is -0.145. The minimum atomic E-state index is -0.754. The van der Waals surface area contributed by atoms with Crippen LogP contribution in [0.2, 0.25) is 0 Å². The molecule has 0 aliphatic heterocycles. The molecule has 1 aromatic rings. The van der Waals surface area contributed by atoms with Crippen molar-refractivity contribution in [3.05, 3.63) is 43.0 Å². The maximum atomic E-state index is 12.1. The molecule has 0 spiro atoms. The van der Waals surface area contributed by atoms with Gasteiger partial charge in [-0.1, -0.05) is 30.9 Å². The van der Waals surface area contributed by atoms with E-state index in [9.17, 15) is 9.59 Å². The minimum absolute atomic E-state index is 0.108. The van der Waals surface area contributed by atoms with E-state index in [0.29, 0.717) is 12.2 Å². The van der Waals surface area contributed by atoms with E-state index in [2.05, 4.69) is 11.9 Å². The van der Waals surface area contributed by atoms with Crippen molar-refractivity contribution in [3.8, 4) is 0 Å². The molecule has 1 aromatic carbocycles. The summed E-state index contributed by atoms with van der Waals surface area (Å²) < 4.78 is 10.3. The molecule has 132 valence electrons. The monoisotopic (exact) mass is 351 g/mol. The Balaban J connectivity index is 2.58. The summed E-state index contributed by atoms with van der Waals surface area (Å²) in [5, 5.41) is 2.59. The van der Waals surface area contributed by atoms with Crippen LogP contribution < -0.4 is 5.32 Å². The molecule has 1 amide bonds. The van der Waals surface area contributed by atoms with Gasteiger partial charge >= 0.3 is 12.1 Å². The van der Waals surface area contributed by atoms with E-state index in [1.54, 1.807) is 32.5 Å².